The van der Waals surface area contributed by atoms with Crippen LogP contribution in [0.3, 0.4) is 0 Å². The molecule has 1 aromatic heterocycles. The van der Waals surface area contributed by atoms with Crippen LogP contribution in [0.2, 0.25) is 0 Å². The number of thioether (sulfide) groups is 1. The number of benzene rings is 1. The first-order valence-electron chi connectivity index (χ1n) is 7.97. The summed E-state index contributed by atoms with van der Waals surface area (Å²) in [6.07, 6.45) is 1.02. The van der Waals surface area contributed by atoms with Crippen LogP contribution in [0.15, 0.2) is 35.8 Å². The minimum atomic E-state index is -4.49. The second-order valence-corrected chi connectivity index (χ2v) is 8.14. The number of rotatable bonds is 5. The number of hydrogen-bond acceptors (Lipinski definition) is 4. The molecule has 0 bridgehead atoms. The molecule has 1 heterocycles. The molecule has 0 aliphatic heterocycles. The number of aromatic nitrogens is 1. The molecule has 1 aromatic carbocycles. The fraction of sp³-hybridized carbons (Fsp3) is 0.412. The first-order valence-corrected chi connectivity index (χ1v) is 9.79. The molecule has 1 N–H and O–H groups in total. The summed E-state index contributed by atoms with van der Waals surface area (Å²) in [6.45, 7) is 0. The minimum Gasteiger partial charge on any atom is -0.301 e. The number of hydrogen-bond donors (Lipinski definition) is 1. The summed E-state index contributed by atoms with van der Waals surface area (Å²) in [4.78, 5) is 16.7. The van der Waals surface area contributed by atoms with Gasteiger partial charge in [-0.05, 0) is 24.5 Å². The van der Waals surface area contributed by atoms with Gasteiger partial charge in [-0.2, -0.15) is 13.2 Å². The number of amides is 1. The normalized spacial score (nSPS) is 16.8. The predicted octanol–water partition coefficient (Wildman–Crippen LogP) is 5.52. The second-order valence-electron chi connectivity index (χ2n) is 5.83. The molecule has 3 nitrogen and oxygen atoms in total. The second kappa shape index (κ2) is 7.78. The SMILES string of the molecule is O=C(Nc1nccs1)C(SC1CCCC1)c1ccccc1C(F)(F)F. The zero-order valence-corrected chi connectivity index (χ0v) is 14.9. The molecule has 134 valence electrons. The van der Waals surface area contributed by atoms with Crippen molar-refractivity contribution in [2.45, 2.75) is 42.4 Å². The van der Waals surface area contributed by atoms with E-state index < -0.39 is 22.9 Å². The summed E-state index contributed by atoms with van der Waals surface area (Å²) in [6, 6.07) is 5.33. The van der Waals surface area contributed by atoms with Gasteiger partial charge in [0.15, 0.2) is 5.13 Å². The average Bonchev–Trinajstić information content (AvgIpc) is 3.25. The van der Waals surface area contributed by atoms with Crippen molar-refractivity contribution in [1.82, 2.24) is 4.98 Å². The minimum absolute atomic E-state index is 0.0148. The average molecular weight is 386 g/mol. The van der Waals surface area contributed by atoms with E-state index in [2.05, 4.69) is 10.3 Å². The number of carbonyl (C=O) groups is 1. The number of halogens is 3. The maximum Gasteiger partial charge on any atom is 0.416 e. The van der Waals surface area contributed by atoms with E-state index in [4.69, 9.17) is 0 Å². The monoisotopic (exact) mass is 386 g/mol. The summed E-state index contributed by atoms with van der Waals surface area (Å²) in [5.41, 5.74) is -0.735. The van der Waals surface area contributed by atoms with E-state index in [0.717, 1.165) is 31.7 Å². The Labute approximate surface area is 152 Å². The molecule has 0 saturated heterocycles. The zero-order valence-electron chi connectivity index (χ0n) is 13.3. The lowest BCUT2D eigenvalue weighted by Crippen LogP contribution is -2.23. The Bertz CT molecular complexity index is 713. The van der Waals surface area contributed by atoms with Crippen LogP contribution in [0.25, 0.3) is 0 Å². The molecule has 1 saturated carbocycles. The van der Waals surface area contributed by atoms with E-state index in [9.17, 15) is 18.0 Å². The fourth-order valence-electron chi connectivity index (χ4n) is 2.93. The van der Waals surface area contributed by atoms with Crippen LogP contribution >= 0.6 is 23.1 Å². The number of carbonyl (C=O) groups excluding carboxylic acids is 1. The Morgan fingerprint density at radius 3 is 2.64 bits per heavy atom. The van der Waals surface area contributed by atoms with Crippen molar-refractivity contribution in [3.8, 4) is 0 Å². The third kappa shape index (κ3) is 4.55. The van der Waals surface area contributed by atoms with E-state index in [1.807, 2.05) is 0 Å². The quantitative estimate of drug-likeness (QED) is 0.736. The standard InChI is InChI=1S/C17H17F3N2OS2/c18-17(19,20)13-8-4-3-7-12(13)14(25-11-5-1-2-6-11)15(23)22-16-21-9-10-24-16/h3-4,7-11,14H,1-2,5-6H2,(H,21,22,23). The van der Waals surface area contributed by atoms with Crippen molar-refractivity contribution < 1.29 is 18.0 Å². The van der Waals surface area contributed by atoms with Gasteiger partial charge in [-0.1, -0.05) is 31.0 Å². The van der Waals surface area contributed by atoms with Gasteiger partial charge in [-0.3, -0.25) is 4.79 Å². The highest BCUT2D eigenvalue weighted by molar-refractivity contribution is 8.00. The third-order valence-electron chi connectivity index (χ3n) is 4.08. The highest BCUT2D eigenvalue weighted by atomic mass is 32.2. The Kier molecular flexibility index (Phi) is 5.68. The van der Waals surface area contributed by atoms with Gasteiger partial charge in [0.2, 0.25) is 5.91 Å². The largest absolute Gasteiger partial charge is 0.416 e. The number of nitrogens with one attached hydrogen (secondary N) is 1. The van der Waals surface area contributed by atoms with E-state index in [0.29, 0.717) is 5.13 Å². The molecule has 3 rings (SSSR count). The van der Waals surface area contributed by atoms with Gasteiger partial charge in [-0.25, -0.2) is 4.98 Å². The topological polar surface area (TPSA) is 42.0 Å². The molecule has 0 spiro atoms. The number of alkyl halides is 3. The van der Waals surface area contributed by atoms with Crippen LogP contribution in [0, 0.1) is 0 Å². The van der Waals surface area contributed by atoms with E-state index in [1.54, 1.807) is 17.6 Å². The summed E-state index contributed by atoms with van der Waals surface area (Å²) < 4.78 is 40.2. The van der Waals surface area contributed by atoms with Gasteiger partial charge >= 0.3 is 6.18 Å². The molecule has 1 aliphatic carbocycles. The zero-order chi connectivity index (χ0) is 17.9. The highest BCUT2D eigenvalue weighted by Gasteiger charge is 2.38. The van der Waals surface area contributed by atoms with E-state index in [1.165, 1.54) is 35.2 Å². The molecular formula is C17H17F3N2OS2. The lowest BCUT2D eigenvalue weighted by molar-refractivity contribution is -0.138. The summed E-state index contributed by atoms with van der Waals surface area (Å²) in [5.74, 6) is -0.455. The first kappa shape index (κ1) is 18.3. The molecule has 1 unspecified atom stereocenters. The Morgan fingerprint density at radius 2 is 2.00 bits per heavy atom. The van der Waals surface area contributed by atoms with E-state index in [-0.39, 0.29) is 10.8 Å². The first-order chi connectivity index (χ1) is 11.9. The number of thiazole rings is 1. The van der Waals surface area contributed by atoms with Gasteiger partial charge in [0.25, 0.3) is 0 Å². The molecule has 0 radical (unpaired) electrons. The molecule has 1 aliphatic rings. The Balaban J connectivity index is 1.91. The van der Waals surface area contributed by atoms with Crippen molar-refractivity contribution in [3.63, 3.8) is 0 Å². The smallest absolute Gasteiger partial charge is 0.301 e. The molecule has 25 heavy (non-hydrogen) atoms. The number of anilines is 1. The third-order valence-corrected chi connectivity index (χ3v) is 6.36. The predicted molar refractivity (Wildman–Crippen MR) is 94.8 cm³/mol. The maximum atomic E-state index is 13.4. The summed E-state index contributed by atoms with van der Waals surface area (Å²) in [5, 5.41) is 4.05. The summed E-state index contributed by atoms with van der Waals surface area (Å²) in [7, 11) is 0. The summed E-state index contributed by atoms with van der Waals surface area (Å²) >= 11 is 2.57. The Morgan fingerprint density at radius 1 is 1.28 bits per heavy atom. The van der Waals surface area contributed by atoms with Gasteiger partial charge < -0.3 is 5.32 Å². The van der Waals surface area contributed by atoms with E-state index >= 15 is 0 Å². The van der Waals surface area contributed by atoms with Crippen LogP contribution in [0.4, 0.5) is 18.3 Å². The van der Waals surface area contributed by atoms with Crippen molar-refractivity contribution >= 4 is 34.1 Å². The highest BCUT2D eigenvalue weighted by Crippen LogP contribution is 2.44. The number of nitrogens with zero attached hydrogens (tertiary/aromatic N) is 1. The maximum absolute atomic E-state index is 13.4. The van der Waals surface area contributed by atoms with Gasteiger partial charge in [0.05, 0.1) is 5.56 Å². The Hall–Kier alpha value is -1.54. The van der Waals surface area contributed by atoms with Crippen molar-refractivity contribution in [2.24, 2.45) is 0 Å². The lowest BCUT2D eigenvalue weighted by atomic mass is 10.0. The van der Waals surface area contributed by atoms with Crippen LogP contribution in [0.1, 0.15) is 42.1 Å². The van der Waals surface area contributed by atoms with Crippen LogP contribution in [-0.2, 0) is 11.0 Å². The van der Waals surface area contributed by atoms with Crippen molar-refractivity contribution in [3.05, 3.63) is 47.0 Å². The van der Waals surface area contributed by atoms with Crippen molar-refractivity contribution in [2.75, 3.05) is 5.32 Å². The van der Waals surface area contributed by atoms with Crippen molar-refractivity contribution in [1.29, 1.82) is 0 Å². The molecule has 1 fully saturated rings. The molecule has 8 heteroatoms. The molecule has 1 amide bonds. The molecule has 2 aromatic rings. The van der Waals surface area contributed by atoms with Gasteiger partial charge in [0.1, 0.15) is 5.25 Å². The molecule has 1 atom stereocenters. The van der Waals surface area contributed by atoms with Crippen LogP contribution in [0.5, 0.6) is 0 Å². The van der Waals surface area contributed by atoms with Gasteiger partial charge in [-0.15, -0.1) is 23.1 Å². The van der Waals surface area contributed by atoms with Crippen LogP contribution < -0.4 is 5.32 Å². The molecular weight excluding hydrogens is 369 g/mol. The van der Waals surface area contributed by atoms with Crippen LogP contribution in [-0.4, -0.2) is 16.1 Å². The van der Waals surface area contributed by atoms with Gasteiger partial charge in [0, 0.05) is 16.8 Å². The lowest BCUT2D eigenvalue weighted by Gasteiger charge is -2.23. The fourth-order valence-corrected chi connectivity index (χ4v) is 4.99.